The van der Waals surface area contributed by atoms with Crippen LogP contribution in [0.2, 0.25) is 0 Å². The Hall–Kier alpha value is -0.700. The molecule has 1 saturated heterocycles. The first kappa shape index (κ1) is 16.4. The van der Waals surface area contributed by atoms with Gasteiger partial charge in [0.2, 0.25) is 0 Å². The Bertz CT molecular complexity index is 397. The Labute approximate surface area is 114 Å². The second kappa shape index (κ2) is 7.18. The highest BCUT2D eigenvalue weighted by Gasteiger charge is 2.31. The second-order valence-corrected chi connectivity index (χ2v) is 6.85. The van der Waals surface area contributed by atoms with Crippen molar-refractivity contribution in [2.24, 2.45) is 5.92 Å². The fourth-order valence-corrected chi connectivity index (χ4v) is 3.38. The lowest BCUT2D eigenvalue weighted by molar-refractivity contribution is -0.142. The Morgan fingerprint density at radius 3 is 2.74 bits per heavy atom. The summed E-state index contributed by atoms with van der Waals surface area (Å²) in [5.74, 6) is -1.51. The molecule has 19 heavy (non-hydrogen) atoms. The quantitative estimate of drug-likeness (QED) is 0.622. The van der Waals surface area contributed by atoms with E-state index >= 15 is 0 Å². The first-order valence-corrected chi connectivity index (χ1v) is 7.89. The molecule has 1 rings (SSSR count). The molecule has 2 N–H and O–H groups in total. The van der Waals surface area contributed by atoms with E-state index in [4.69, 9.17) is 5.11 Å². The zero-order valence-electron chi connectivity index (χ0n) is 11.5. The molecule has 0 spiro atoms. The third-order valence-corrected chi connectivity index (χ3v) is 4.72. The van der Waals surface area contributed by atoms with Crippen LogP contribution in [0.1, 0.15) is 19.3 Å². The van der Waals surface area contributed by atoms with Crippen LogP contribution in [0.4, 0.5) is 0 Å². The first-order chi connectivity index (χ1) is 8.83. The van der Waals surface area contributed by atoms with E-state index in [2.05, 4.69) is 4.72 Å². The van der Waals surface area contributed by atoms with Gasteiger partial charge in [0.05, 0.1) is 5.92 Å². The third kappa shape index (κ3) is 5.43. The SMILES string of the molecule is CN(C)CCCNS(=O)(=O)N1CCCC(C(=O)O)C1. The molecule has 0 saturated carbocycles. The Balaban J connectivity index is 2.45. The lowest BCUT2D eigenvalue weighted by atomic mass is 10.0. The number of carbonyl (C=O) groups is 1. The van der Waals surface area contributed by atoms with Gasteiger partial charge in [0.25, 0.3) is 10.2 Å². The molecule has 0 radical (unpaired) electrons. The minimum atomic E-state index is -3.55. The van der Waals surface area contributed by atoms with Crippen molar-refractivity contribution in [3.63, 3.8) is 0 Å². The van der Waals surface area contributed by atoms with E-state index in [9.17, 15) is 13.2 Å². The Morgan fingerprint density at radius 2 is 2.16 bits per heavy atom. The van der Waals surface area contributed by atoms with Crippen LogP contribution in [0.15, 0.2) is 0 Å². The minimum Gasteiger partial charge on any atom is -0.481 e. The highest BCUT2D eigenvalue weighted by Crippen LogP contribution is 2.18. The molecule has 0 amide bonds. The number of nitrogens with zero attached hydrogens (tertiary/aromatic N) is 2. The number of hydrogen-bond donors (Lipinski definition) is 2. The topological polar surface area (TPSA) is 90.0 Å². The van der Waals surface area contributed by atoms with Gasteiger partial charge in [0, 0.05) is 19.6 Å². The number of piperidine rings is 1. The number of aliphatic carboxylic acids is 1. The maximum absolute atomic E-state index is 12.0. The van der Waals surface area contributed by atoms with E-state index in [0.717, 1.165) is 13.0 Å². The van der Waals surface area contributed by atoms with Crippen LogP contribution < -0.4 is 4.72 Å². The van der Waals surface area contributed by atoms with Crippen LogP contribution in [-0.2, 0) is 15.0 Å². The van der Waals surface area contributed by atoms with Gasteiger partial charge in [0.1, 0.15) is 0 Å². The summed E-state index contributed by atoms with van der Waals surface area (Å²) in [4.78, 5) is 12.9. The van der Waals surface area contributed by atoms with E-state index in [-0.39, 0.29) is 6.54 Å². The summed E-state index contributed by atoms with van der Waals surface area (Å²) < 4.78 is 27.8. The molecule has 0 bridgehead atoms. The molecule has 1 atom stereocenters. The molecule has 0 aliphatic carbocycles. The van der Waals surface area contributed by atoms with E-state index < -0.39 is 22.1 Å². The van der Waals surface area contributed by atoms with Gasteiger partial charge >= 0.3 is 5.97 Å². The molecule has 8 heteroatoms. The van der Waals surface area contributed by atoms with Crippen LogP contribution in [-0.4, -0.2) is 69.0 Å². The van der Waals surface area contributed by atoms with Gasteiger partial charge in [-0.15, -0.1) is 0 Å². The van der Waals surface area contributed by atoms with Crippen molar-refractivity contribution in [1.29, 1.82) is 0 Å². The van der Waals surface area contributed by atoms with Crippen LogP contribution in [0, 0.1) is 5.92 Å². The number of hydrogen-bond acceptors (Lipinski definition) is 4. The zero-order valence-corrected chi connectivity index (χ0v) is 12.3. The summed E-state index contributed by atoms with van der Waals surface area (Å²) in [6.45, 7) is 1.64. The molecule has 1 fully saturated rings. The average Bonchev–Trinajstić information content (AvgIpc) is 2.34. The number of rotatable bonds is 7. The van der Waals surface area contributed by atoms with Crippen molar-refractivity contribution in [3.05, 3.63) is 0 Å². The summed E-state index contributed by atoms with van der Waals surface area (Å²) in [5, 5.41) is 8.95. The lowest BCUT2D eigenvalue weighted by Crippen LogP contribution is -2.47. The fraction of sp³-hybridized carbons (Fsp3) is 0.909. The maximum atomic E-state index is 12.0. The molecule has 1 heterocycles. The monoisotopic (exact) mass is 293 g/mol. The molecule has 0 aromatic rings. The van der Waals surface area contributed by atoms with Crippen LogP contribution in [0.3, 0.4) is 0 Å². The van der Waals surface area contributed by atoms with Gasteiger partial charge in [0.15, 0.2) is 0 Å². The highest BCUT2D eigenvalue weighted by molar-refractivity contribution is 7.87. The van der Waals surface area contributed by atoms with Gasteiger partial charge in [-0.2, -0.15) is 12.7 Å². The van der Waals surface area contributed by atoms with Gasteiger partial charge in [-0.1, -0.05) is 0 Å². The Morgan fingerprint density at radius 1 is 1.47 bits per heavy atom. The number of carboxylic acid groups (broad SMARTS) is 1. The molecule has 0 aromatic carbocycles. The van der Waals surface area contributed by atoms with E-state index in [1.54, 1.807) is 0 Å². The third-order valence-electron chi connectivity index (χ3n) is 3.14. The first-order valence-electron chi connectivity index (χ1n) is 6.45. The van der Waals surface area contributed by atoms with Crippen LogP contribution in [0.5, 0.6) is 0 Å². The summed E-state index contributed by atoms with van der Waals surface area (Å²) in [7, 11) is 0.308. The molecular weight excluding hydrogens is 270 g/mol. The summed E-state index contributed by atoms with van der Waals surface area (Å²) >= 11 is 0. The molecule has 1 unspecified atom stereocenters. The van der Waals surface area contributed by atoms with Crippen molar-refractivity contribution in [1.82, 2.24) is 13.9 Å². The maximum Gasteiger partial charge on any atom is 0.307 e. The normalized spacial score (nSPS) is 21.7. The molecule has 0 aromatic heterocycles. The largest absolute Gasteiger partial charge is 0.481 e. The average molecular weight is 293 g/mol. The van der Waals surface area contributed by atoms with Crippen molar-refractivity contribution in [3.8, 4) is 0 Å². The van der Waals surface area contributed by atoms with E-state index in [0.29, 0.717) is 25.9 Å². The molecular formula is C11H23N3O4S. The minimum absolute atomic E-state index is 0.0678. The van der Waals surface area contributed by atoms with Gasteiger partial charge < -0.3 is 10.0 Å². The van der Waals surface area contributed by atoms with E-state index in [1.807, 2.05) is 19.0 Å². The van der Waals surface area contributed by atoms with Gasteiger partial charge in [-0.3, -0.25) is 4.79 Å². The summed E-state index contributed by atoms with van der Waals surface area (Å²) in [6.07, 6.45) is 1.86. The molecule has 1 aliphatic heterocycles. The fourth-order valence-electron chi connectivity index (χ4n) is 2.05. The number of carboxylic acids is 1. The highest BCUT2D eigenvalue weighted by atomic mass is 32.2. The van der Waals surface area contributed by atoms with Gasteiger partial charge in [-0.25, -0.2) is 4.72 Å². The molecule has 112 valence electrons. The predicted molar refractivity (Wildman–Crippen MR) is 72.0 cm³/mol. The van der Waals surface area contributed by atoms with Crippen LogP contribution in [0.25, 0.3) is 0 Å². The van der Waals surface area contributed by atoms with Crippen molar-refractivity contribution in [2.45, 2.75) is 19.3 Å². The van der Waals surface area contributed by atoms with Gasteiger partial charge in [-0.05, 0) is 39.9 Å². The Kier molecular flexibility index (Phi) is 6.18. The predicted octanol–water partition coefficient (Wildman–Crippen LogP) is -0.431. The second-order valence-electron chi connectivity index (χ2n) is 5.09. The molecule has 1 aliphatic rings. The summed E-state index contributed by atoms with van der Waals surface area (Å²) in [6, 6.07) is 0. The smallest absolute Gasteiger partial charge is 0.307 e. The zero-order chi connectivity index (χ0) is 14.5. The van der Waals surface area contributed by atoms with Crippen molar-refractivity contribution < 1.29 is 18.3 Å². The standard InChI is InChI=1S/C11H23N3O4S/c1-13(2)7-4-6-12-19(17,18)14-8-3-5-10(9-14)11(15)16/h10,12H,3-9H2,1-2H3,(H,15,16). The lowest BCUT2D eigenvalue weighted by Gasteiger charge is -2.29. The molecule has 7 nitrogen and oxygen atoms in total. The number of nitrogens with one attached hydrogen (secondary N) is 1. The van der Waals surface area contributed by atoms with Crippen LogP contribution >= 0.6 is 0 Å². The summed E-state index contributed by atoms with van der Waals surface area (Å²) in [5.41, 5.74) is 0. The van der Waals surface area contributed by atoms with Crippen molar-refractivity contribution in [2.75, 3.05) is 40.3 Å². The van der Waals surface area contributed by atoms with E-state index in [1.165, 1.54) is 4.31 Å². The van der Waals surface area contributed by atoms with Crippen molar-refractivity contribution >= 4 is 16.2 Å².